The summed E-state index contributed by atoms with van der Waals surface area (Å²) in [5, 5.41) is 4.87. The number of ether oxygens (including phenoxy) is 3. The molecule has 7 nitrogen and oxygen atoms in total. The van der Waals surface area contributed by atoms with Crippen molar-refractivity contribution in [3.8, 4) is 11.1 Å². The molecular weight excluding hydrogens is 406 g/mol. The highest BCUT2D eigenvalue weighted by Crippen LogP contribution is 2.33. The second kappa shape index (κ2) is 10.9. The summed E-state index contributed by atoms with van der Waals surface area (Å²) in [6.45, 7) is 11.1. The Bertz CT molecular complexity index is 1100. The number of pyridine rings is 1. The van der Waals surface area contributed by atoms with Gasteiger partial charge in [-0.05, 0) is 50.5 Å². The van der Waals surface area contributed by atoms with Crippen LogP contribution in [-0.4, -0.2) is 40.9 Å². The Hall–Kier alpha value is -3.19. The Kier molecular flexibility index (Phi) is 8.00. The van der Waals surface area contributed by atoms with Gasteiger partial charge in [-0.15, -0.1) is 0 Å². The van der Waals surface area contributed by atoms with E-state index in [0.717, 1.165) is 45.6 Å². The predicted molar refractivity (Wildman–Crippen MR) is 124 cm³/mol. The molecule has 0 aliphatic carbocycles. The van der Waals surface area contributed by atoms with E-state index in [-0.39, 0.29) is 12.4 Å². The average molecular weight is 438 g/mol. The highest BCUT2D eigenvalue weighted by Gasteiger charge is 2.20. The minimum absolute atomic E-state index is 0.233. The number of carbonyl (C=O) groups excluding carboxylic acids is 1. The van der Waals surface area contributed by atoms with Crippen LogP contribution < -0.4 is 0 Å². The van der Waals surface area contributed by atoms with Crippen molar-refractivity contribution in [2.45, 2.75) is 46.6 Å². The minimum Gasteiger partial charge on any atom is -0.494 e. The molecule has 0 saturated carbocycles. The zero-order valence-electron chi connectivity index (χ0n) is 19.3. The van der Waals surface area contributed by atoms with Crippen molar-refractivity contribution in [2.24, 2.45) is 0 Å². The molecule has 3 heterocycles. The molecule has 0 atom stereocenters. The Morgan fingerprint density at radius 2 is 1.91 bits per heavy atom. The molecule has 3 rings (SSSR count). The van der Waals surface area contributed by atoms with Gasteiger partial charge in [0.2, 0.25) is 0 Å². The minimum atomic E-state index is -0.233. The van der Waals surface area contributed by atoms with Crippen LogP contribution in [0.15, 0.2) is 37.2 Å². The molecular formula is C25H31N3O4. The Labute approximate surface area is 189 Å². The number of fused-ring (bicyclic) bond motifs is 1. The maximum Gasteiger partial charge on any atom is 0.306 e. The first-order valence-corrected chi connectivity index (χ1v) is 11.0. The smallest absolute Gasteiger partial charge is 0.306 e. The van der Waals surface area contributed by atoms with Crippen LogP contribution in [0.1, 0.15) is 49.7 Å². The molecule has 0 unspecified atom stereocenters. The molecule has 32 heavy (non-hydrogen) atoms. The quantitative estimate of drug-likeness (QED) is 0.322. The number of aryl methyl sites for hydroxylation is 1. The van der Waals surface area contributed by atoms with E-state index in [1.807, 2.05) is 30.6 Å². The standard InChI is InChI=1S/C25H31N3O4/c1-6-20-9-11-23-25(19-13-18(14-26-15-19)17(4)31-7-2)21(10-12-24(29)32-8-3)22(16-30-5)27-28(20)23/h9,11,13-15H,4,6-8,10,12,16H2,1-3,5H3. The zero-order valence-corrected chi connectivity index (χ0v) is 19.3. The van der Waals surface area contributed by atoms with Gasteiger partial charge in [0.1, 0.15) is 5.76 Å². The second-order valence-corrected chi connectivity index (χ2v) is 7.33. The fraction of sp³-hybridized carbons (Fsp3) is 0.400. The molecule has 0 aliphatic heterocycles. The van der Waals surface area contributed by atoms with Crippen molar-refractivity contribution in [1.82, 2.24) is 14.6 Å². The normalized spacial score (nSPS) is 11.0. The Morgan fingerprint density at radius 3 is 2.59 bits per heavy atom. The summed E-state index contributed by atoms with van der Waals surface area (Å²) in [6.07, 6.45) is 5.15. The molecule has 0 aromatic carbocycles. The van der Waals surface area contributed by atoms with E-state index in [1.54, 1.807) is 13.3 Å². The third-order valence-electron chi connectivity index (χ3n) is 5.26. The Morgan fingerprint density at radius 1 is 1.12 bits per heavy atom. The molecule has 0 N–H and O–H groups in total. The maximum atomic E-state index is 12.1. The topological polar surface area (TPSA) is 75.0 Å². The number of hydrogen-bond acceptors (Lipinski definition) is 6. The lowest BCUT2D eigenvalue weighted by Crippen LogP contribution is -2.12. The third kappa shape index (κ3) is 4.99. The van der Waals surface area contributed by atoms with Crippen molar-refractivity contribution >= 4 is 17.2 Å². The number of aromatic nitrogens is 3. The summed E-state index contributed by atoms with van der Waals surface area (Å²) in [5.41, 5.74) is 6.50. The highest BCUT2D eigenvalue weighted by atomic mass is 16.5. The van der Waals surface area contributed by atoms with E-state index in [1.165, 1.54) is 0 Å². The van der Waals surface area contributed by atoms with Gasteiger partial charge in [-0.25, -0.2) is 4.52 Å². The number of rotatable bonds is 11. The van der Waals surface area contributed by atoms with Gasteiger partial charge in [0, 0.05) is 48.3 Å². The van der Waals surface area contributed by atoms with Crippen molar-refractivity contribution in [3.63, 3.8) is 0 Å². The number of carbonyl (C=O) groups is 1. The van der Waals surface area contributed by atoms with Gasteiger partial charge in [-0.3, -0.25) is 9.78 Å². The largest absolute Gasteiger partial charge is 0.494 e. The number of nitrogens with zero attached hydrogens (tertiary/aromatic N) is 3. The van der Waals surface area contributed by atoms with Crippen LogP contribution in [0.2, 0.25) is 0 Å². The van der Waals surface area contributed by atoms with Crippen LogP contribution in [0.3, 0.4) is 0 Å². The molecule has 170 valence electrons. The highest BCUT2D eigenvalue weighted by molar-refractivity contribution is 5.85. The van der Waals surface area contributed by atoms with Gasteiger partial charge in [0.25, 0.3) is 0 Å². The molecule has 0 saturated heterocycles. The maximum absolute atomic E-state index is 12.1. The number of methoxy groups -OCH3 is 1. The van der Waals surface area contributed by atoms with Gasteiger partial charge in [-0.1, -0.05) is 13.5 Å². The van der Waals surface area contributed by atoms with Crippen LogP contribution in [0.4, 0.5) is 0 Å². The number of hydrogen-bond donors (Lipinski definition) is 0. The first kappa shape index (κ1) is 23.5. The SMILES string of the molecule is C=C(OCC)c1cncc(-c2c(CCC(=O)OCC)c(COC)nn3c(CC)ccc23)c1. The van der Waals surface area contributed by atoms with E-state index in [4.69, 9.17) is 19.3 Å². The first-order chi connectivity index (χ1) is 15.5. The van der Waals surface area contributed by atoms with Crippen molar-refractivity contribution in [1.29, 1.82) is 0 Å². The monoisotopic (exact) mass is 437 g/mol. The summed E-state index contributed by atoms with van der Waals surface area (Å²) in [4.78, 5) is 16.6. The lowest BCUT2D eigenvalue weighted by molar-refractivity contribution is -0.143. The average Bonchev–Trinajstić information content (AvgIpc) is 3.20. The predicted octanol–water partition coefficient (Wildman–Crippen LogP) is 4.61. The summed E-state index contributed by atoms with van der Waals surface area (Å²) >= 11 is 0. The molecule has 3 aromatic heterocycles. The van der Waals surface area contributed by atoms with Gasteiger partial charge in [-0.2, -0.15) is 5.10 Å². The number of esters is 1. The third-order valence-corrected chi connectivity index (χ3v) is 5.26. The van der Waals surface area contributed by atoms with E-state index in [9.17, 15) is 4.79 Å². The molecule has 0 bridgehead atoms. The summed E-state index contributed by atoms with van der Waals surface area (Å²) in [5.74, 6) is 0.338. The fourth-order valence-electron chi connectivity index (χ4n) is 3.82. The summed E-state index contributed by atoms with van der Waals surface area (Å²) in [7, 11) is 1.64. The molecule has 0 radical (unpaired) electrons. The molecule has 0 fully saturated rings. The molecule has 0 aliphatic rings. The first-order valence-electron chi connectivity index (χ1n) is 11.0. The molecule has 0 amide bonds. The van der Waals surface area contributed by atoms with Crippen LogP contribution in [0.25, 0.3) is 22.4 Å². The fourth-order valence-corrected chi connectivity index (χ4v) is 3.82. The van der Waals surface area contributed by atoms with Gasteiger partial charge in [0.15, 0.2) is 0 Å². The van der Waals surface area contributed by atoms with Gasteiger partial charge >= 0.3 is 5.97 Å². The van der Waals surface area contributed by atoms with Crippen LogP contribution in [0, 0.1) is 0 Å². The van der Waals surface area contributed by atoms with E-state index < -0.39 is 0 Å². The van der Waals surface area contributed by atoms with Crippen LogP contribution in [-0.2, 0) is 38.5 Å². The second-order valence-electron chi connectivity index (χ2n) is 7.33. The van der Waals surface area contributed by atoms with E-state index >= 15 is 0 Å². The van der Waals surface area contributed by atoms with E-state index in [0.29, 0.717) is 32.0 Å². The zero-order chi connectivity index (χ0) is 23.1. The molecule has 0 spiro atoms. The lowest BCUT2D eigenvalue weighted by atomic mass is 9.95. The summed E-state index contributed by atoms with van der Waals surface area (Å²) in [6, 6.07) is 6.16. The van der Waals surface area contributed by atoms with E-state index in [2.05, 4.69) is 30.6 Å². The summed E-state index contributed by atoms with van der Waals surface area (Å²) < 4.78 is 18.2. The Balaban J connectivity index is 2.22. The van der Waals surface area contributed by atoms with Crippen molar-refractivity contribution < 1.29 is 19.0 Å². The van der Waals surface area contributed by atoms with Crippen molar-refractivity contribution in [3.05, 3.63) is 59.7 Å². The van der Waals surface area contributed by atoms with Gasteiger partial charge in [0.05, 0.1) is 31.0 Å². The molecule has 7 heteroatoms. The van der Waals surface area contributed by atoms with Crippen LogP contribution in [0.5, 0.6) is 0 Å². The lowest BCUT2D eigenvalue weighted by Gasteiger charge is -2.18. The molecule has 3 aromatic rings. The van der Waals surface area contributed by atoms with Crippen molar-refractivity contribution in [2.75, 3.05) is 20.3 Å². The van der Waals surface area contributed by atoms with Crippen LogP contribution >= 0.6 is 0 Å². The van der Waals surface area contributed by atoms with Gasteiger partial charge < -0.3 is 14.2 Å².